The van der Waals surface area contributed by atoms with E-state index in [1.807, 2.05) is 33.1 Å². The Kier molecular flexibility index (Phi) is 8.40. The molecule has 0 radical (unpaired) electrons. The molecule has 1 atom stereocenters. The Morgan fingerprint density at radius 1 is 1.00 bits per heavy atom. The summed E-state index contributed by atoms with van der Waals surface area (Å²) in [6, 6.07) is 3.70. The summed E-state index contributed by atoms with van der Waals surface area (Å²) in [5.41, 5.74) is 2.37. The van der Waals surface area contributed by atoms with Gasteiger partial charge in [-0.05, 0) is 120 Å². The van der Waals surface area contributed by atoms with Crippen molar-refractivity contribution in [3.8, 4) is 11.5 Å². The van der Waals surface area contributed by atoms with E-state index >= 15 is 0 Å². The van der Waals surface area contributed by atoms with Crippen LogP contribution in [0.3, 0.4) is 0 Å². The van der Waals surface area contributed by atoms with Crippen LogP contribution >= 0.6 is 23.4 Å². The van der Waals surface area contributed by atoms with Crippen LogP contribution in [0.4, 0.5) is 0 Å². The first-order valence-electron chi connectivity index (χ1n) is 17.0. The highest BCUT2D eigenvalue weighted by molar-refractivity contribution is 7.98. The Hall–Kier alpha value is -2.65. The lowest BCUT2D eigenvalue weighted by atomic mass is 9.49. The zero-order chi connectivity index (χ0) is 32.4. The molecule has 46 heavy (non-hydrogen) atoms. The van der Waals surface area contributed by atoms with E-state index in [0.717, 1.165) is 54.0 Å². The quantitative estimate of drug-likeness (QED) is 0.260. The van der Waals surface area contributed by atoms with Gasteiger partial charge >= 0.3 is 0 Å². The highest BCUT2D eigenvalue weighted by Gasteiger charge is 2.52. The predicted molar refractivity (Wildman–Crippen MR) is 180 cm³/mol. The Morgan fingerprint density at radius 3 is 2.26 bits per heavy atom. The number of rotatable bonds is 8. The number of carbonyl (C=O) groups excluding carboxylic acids is 2. The highest BCUT2D eigenvalue weighted by atomic mass is 35.5. The number of nitrogens with one attached hydrogen (secondary N) is 3. The Bertz CT molecular complexity index is 1580. The van der Waals surface area contributed by atoms with E-state index in [1.165, 1.54) is 50.3 Å². The Morgan fingerprint density at radius 2 is 1.63 bits per heavy atom. The second-order valence-electron chi connectivity index (χ2n) is 15.1. The third-order valence-electron chi connectivity index (χ3n) is 11.7. The van der Waals surface area contributed by atoms with Crippen molar-refractivity contribution >= 4 is 35.2 Å². The molecule has 2 amide bonds. The van der Waals surface area contributed by atoms with Crippen molar-refractivity contribution in [2.24, 2.45) is 29.1 Å². The van der Waals surface area contributed by atoms with E-state index in [4.69, 9.17) is 21.1 Å². The van der Waals surface area contributed by atoms with Gasteiger partial charge in [0.2, 0.25) is 5.91 Å². The van der Waals surface area contributed by atoms with Crippen LogP contribution in [0.2, 0.25) is 5.02 Å². The van der Waals surface area contributed by atoms with Crippen molar-refractivity contribution in [1.29, 1.82) is 0 Å². The van der Waals surface area contributed by atoms with E-state index < -0.39 is 5.79 Å². The fourth-order valence-corrected chi connectivity index (χ4v) is 10.9. The normalized spacial score (nSPS) is 32.4. The van der Waals surface area contributed by atoms with Crippen LogP contribution in [0.25, 0.3) is 0 Å². The van der Waals surface area contributed by atoms with Crippen LogP contribution in [0.15, 0.2) is 21.8 Å². The summed E-state index contributed by atoms with van der Waals surface area (Å²) in [5.74, 6) is 2.61. The molecule has 5 aliphatic carbocycles. The largest absolute Gasteiger partial charge is 0.448 e. The van der Waals surface area contributed by atoms with Crippen LogP contribution in [0.5, 0.6) is 11.5 Å². The van der Waals surface area contributed by atoms with Crippen molar-refractivity contribution in [2.45, 2.75) is 115 Å². The average Bonchev–Trinajstić information content (AvgIpc) is 3.37. The number of thioether (sulfide) groups is 1. The number of aromatic amines is 1. The molecule has 10 heteroatoms. The lowest BCUT2D eigenvalue weighted by molar-refractivity contribution is -0.132. The number of amides is 2. The number of carbonyl (C=O) groups is 2. The van der Waals surface area contributed by atoms with Gasteiger partial charge in [-0.2, -0.15) is 0 Å². The predicted octanol–water partition coefficient (Wildman–Crippen LogP) is 7.07. The Balaban J connectivity index is 0.961. The lowest BCUT2D eigenvalue weighted by Gasteiger charge is -2.56. The number of fused-ring (bicyclic) bond motifs is 1. The van der Waals surface area contributed by atoms with Crippen LogP contribution < -0.4 is 25.7 Å². The van der Waals surface area contributed by atoms with Crippen molar-refractivity contribution in [2.75, 3.05) is 6.26 Å². The molecule has 1 aromatic carbocycles. The first kappa shape index (κ1) is 31.9. The monoisotopic (exact) mass is 667 g/mol. The van der Waals surface area contributed by atoms with Crippen molar-refractivity contribution in [3.63, 3.8) is 0 Å². The number of halogens is 1. The topological polar surface area (TPSA) is 110 Å². The van der Waals surface area contributed by atoms with Crippen molar-refractivity contribution in [1.82, 2.24) is 15.6 Å². The molecule has 8 rings (SSSR count). The van der Waals surface area contributed by atoms with Crippen LogP contribution in [-0.2, 0) is 11.3 Å². The van der Waals surface area contributed by atoms with E-state index in [9.17, 15) is 14.4 Å². The van der Waals surface area contributed by atoms with Gasteiger partial charge in [-0.3, -0.25) is 14.4 Å². The first-order valence-corrected chi connectivity index (χ1v) is 18.6. The number of aryl methyl sites for hydroxylation is 1. The summed E-state index contributed by atoms with van der Waals surface area (Å²) >= 11 is 8.15. The smallest absolute Gasteiger partial charge is 0.254 e. The summed E-state index contributed by atoms with van der Waals surface area (Å²) in [6.07, 6.45) is 14.0. The molecule has 1 unspecified atom stereocenters. The van der Waals surface area contributed by atoms with Gasteiger partial charge in [-0.1, -0.05) is 11.6 Å². The molecule has 6 aliphatic rings. The van der Waals surface area contributed by atoms with E-state index in [2.05, 4.69) is 15.6 Å². The first-order chi connectivity index (χ1) is 21.9. The molecule has 3 N–H and O–H groups in total. The van der Waals surface area contributed by atoms with Gasteiger partial charge < -0.3 is 25.1 Å². The van der Waals surface area contributed by atoms with Crippen molar-refractivity contribution < 1.29 is 19.1 Å². The van der Waals surface area contributed by atoms with Gasteiger partial charge in [0.05, 0.1) is 5.02 Å². The van der Waals surface area contributed by atoms with Gasteiger partial charge in [0.1, 0.15) is 0 Å². The van der Waals surface area contributed by atoms with Crippen LogP contribution in [0, 0.1) is 42.9 Å². The summed E-state index contributed by atoms with van der Waals surface area (Å²) in [7, 11) is 0. The van der Waals surface area contributed by atoms with Gasteiger partial charge in [-0.25, -0.2) is 0 Å². The highest BCUT2D eigenvalue weighted by Crippen LogP contribution is 2.61. The van der Waals surface area contributed by atoms with E-state index in [1.54, 1.807) is 6.07 Å². The number of ether oxygens (including phenoxy) is 2. The number of hydrogen-bond acceptors (Lipinski definition) is 6. The van der Waals surface area contributed by atoms with Gasteiger partial charge in [0.25, 0.3) is 17.3 Å². The fraction of sp³-hybridized carbons (Fsp3) is 0.639. The third-order valence-corrected chi connectivity index (χ3v) is 12.8. The summed E-state index contributed by atoms with van der Waals surface area (Å²) < 4.78 is 12.9. The molecule has 1 aliphatic heterocycles. The van der Waals surface area contributed by atoms with Crippen LogP contribution in [-0.4, -0.2) is 34.9 Å². The zero-order valence-electron chi connectivity index (χ0n) is 27.4. The minimum absolute atomic E-state index is 0.0934. The molecule has 0 spiro atoms. The SMILES string of the molecule is CSc1cc(C)[nH]c(=O)c1CNC(=O)c1cc(Cl)c2c(c1C)OC(C)(C1CCC(NC(=O)CC34CC5CC(CC(C5)C3)C4)CC1)O2. The third kappa shape index (κ3) is 5.95. The molecule has 4 bridgehead atoms. The number of pyridine rings is 1. The van der Waals surface area contributed by atoms with Gasteiger partial charge in [0.15, 0.2) is 11.5 Å². The maximum atomic E-state index is 13.3. The average molecular weight is 668 g/mol. The molecule has 248 valence electrons. The molecule has 5 saturated carbocycles. The maximum absolute atomic E-state index is 13.3. The lowest BCUT2D eigenvalue weighted by Crippen LogP contribution is -2.50. The van der Waals surface area contributed by atoms with E-state index in [0.29, 0.717) is 39.6 Å². The maximum Gasteiger partial charge on any atom is 0.254 e. The summed E-state index contributed by atoms with van der Waals surface area (Å²) in [4.78, 5) is 42.8. The molecular weight excluding hydrogens is 622 g/mol. The second kappa shape index (κ2) is 12.1. The van der Waals surface area contributed by atoms with Crippen LogP contribution in [0.1, 0.15) is 105 Å². The molecule has 2 heterocycles. The van der Waals surface area contributed by atoms with Gasteiger partial charge in [0, 0.05) is 59.1 Å². The zero-order valence-corrected chi connectivity index (χ0v) is 28.9. The number of benzene rings is 1. The van der Waals surface area contributed by atoms with Crippen molar-refractivity contribution in [3.05, 3.63) is 49.9 Å². The number of aromatic nitrogens is 1. The molecule has 5 fully saturated rings. The number of H-pyrrole nitrogens is 1. The standard InChI is InChI=1S/C36H46ClN3O5S/c1-19-9-29(46-4)27(34(43)39-19)18-38-33(42)26-13-28(37)32-31(20(26)2)44-35(3,45-32)24-5-7-25(8-6-24)40-30(41)17-36-14-21-10-22(15-36)12-23(11-21)16-36/h9,13,21-25H,5-8,10-12,14-18H2,1-4H3,(H,38,42)(H,39,43)(H,40,41). The summed E-state index contributed by atoms with van der Waals surface area (Å²) in [6.45, 7) is 5.72. The fourth-order valence-electron chi connectivity index (χ4n) is 9.94. The molecule has 0 saturated heterocycles. The molecule has 1 aromatic heterocycles. The number of hydrogen-bond donors (Lipinski definition) is 3. The molecular formula is C36H46ClN3O5S. The minimum Gasteiger partial charge on any atom is -0.448 e. The molecule has 8 nitrogen and oxygen atoms in total. The molecule has 2 aromatic rings. The Labute approximate surface area is 280 Å². The summed E-state index contributed by atoms with van der Waals surface area (Å²) in [5, 5.41) is 6.61. The minimum atomic E-state index is -0.914. The van der Waals surface area contributed by atoms with Gasteiger partial charge in [-0.15, -0.1) is 11.8 Å². The second-order valence-corrected chi connectivity index (χ2v) is 16.4. The van der Waals surface area contributed by atoms with E-state index in [-0.39, 0.29) is 41.3 Å².